The molecule has 5 nitrogen and oxygen atoms in total. The third-order valence-electron chi connectivity index (χ3n) is 2.08. The molecule has 0 saturated carbocycles. The summed E-state index contributed by atoms with van der Waals surface area (Å²) in [7, 11) is 0. The Kier molecular flexibility index (Phi) is 2.49. The summed E-state index contributed by atoms with van der Waals surface area (Å²) in [6.45, 7) is 2.54. The number of nitrogens with one attached hydrogen (secondary N) is 1. The number of carbonyl (C=O) groups is 1. The second-order valence-electron chi connectivity index (χ2n) is 3.06. The Labute approximate surface area is 85.7 Å². The summed E-state index contributed by atoms with van der Waals surface area (Å²) < 4.78 is 18.1. The van der Waals surface area contributed by atoms with Crippen molar-refractivity contribution >= 4 is 5.91 Å². The normalized spacial score (nSPS) is 14.4. The Morgan fingerprint density at radius 2 is 2.33 bits per heavy atom. The van der Waals surface area contributed by atoms with E-state index in [9.17, 15) is 9.18 Å². The molecule has 0 aliphatic carbocycles. The van der Waals surface area contributed by atoms with E-state index in [1.807, 2.05) is 0 Å². The van der Waals surface area contributed by atoms with Crippen LogP contribution in [0, 0.1) is 6.08 Å². The van der Waals surface area contributed by atoms with Crippen LogP contribution in [-0.2, 0) is 6.42 Å². The highest BCUT2D eigenvalue weighted by Gasteiger charge is 2.25. The highest BCUT2D eigenvalue weighted by Crippen LogP contribution is 2.21. The average molecular weight is 211 g/mol. The predicted octanol–water partition coefficient (Wildman–Crippen LogP) is 0.300. The third-order valence-corrected chi connectivity index (χ3v) is 2.08. The van der Waals surface area contributed by atoms with Crippen LogP contribution in [0.3, 0.4) is 0 Å². The molecule has 0 radical (unpaired) electrons. The van der Waals surface area contributed by atoms with Crippen molar-refractivity contribution < 1.29 is 13.9 Å². The molecule has 0 aromatic carbocycles. The van der Waals surface area contributed by atoms with Crippen molar-refractivity contribution in [3.63, 3.8) is 0 Å². The number of ether oxygens (including phenoxy) is 1. The maximum absolute atomic E-state index is 13.0. The number of aromatic nitrogens is 2. The first-order chi connectivity index (χ1) is 7.22. The summed E-state index contributed by atoms with van der Waals surface area (Å²) in [5.74, 6) is -0.281. The van der Waals surface area contributed by atoms with E-state index in [1.165, 1.54) is 0 Å². The lowest BCUT2D eigenvalue weighted by Crippen LogP contribution is -2.33. The summed E-state index contributed by atoms with van der Waals surface area (Å²) in [5, 5.41) is 2.64. The van der Waals surface area contributed by atoms with Crippen LogP contribution in [0.4, 0.5) is 4.39 Å². The third kappa shape index (κ3) is 1.74. The summed E-state index contributed by atoms with van der Waals surface area (Å²) in [4.78, 5) is 18.6. The minimum atomic E-state index is -0.855. The molecule has 0 atom stereocenters. The van der Waals surface area contributed by atoms with Crippen LogP contribution in [0.15, 0.2) is 0 Å². The molecule has 1 N–H and O–H groups in total. The molecule has 0 bridgehead atoms. The fourth-order valence-corrected chi connectivity index (χ4v) is 1.49. The zero-order valence-corrected chi connectivity index (χ0v) is 8.21. The largest absolute Gasteiger partial charge is 0.477 e. The van der Waals surface area contributed by atoms with Gasteiger partial charge in [-0.15, -0.1) is 0 Å². The summed E-state index contributed by atoms with van der Waals surface area (Å²) in [6, 6.07) is 0. The van der Waals surface area contributed by atoms with Crippen molar-refractivity contribution in [2.45, 2.75) is 13.3 Å². The minimum Gasteiger partial charge on any atom is -0.477 e. The number of amides is 1. The molecule has 1 aromatic rings. The first-order valence-electron chi connectivity index (χ1n) is 4.69. The molecule has 1 aliphatic heterocycles. The number of rotatable bonds is 2. The van der Waals surface area contributed by atoms with Crippen LogP contribution in [0.1, 0.15) is 23.0 Å². The van der Waals surface area contributed by atoms with E-state index in [2.05, 4.69) is 15.3 Å². The zero-order valence-electron chi connectivity index (χ0n) is 8.21. The van der Waals surface area contributed by atoms with Crippen LogP contribution in [0.5, 0.6) is 5.88 Å². The minimum absolute atomic E-state index is 0.0252. The number of fused-ring (bicyclic) bond motifs is 1. The van der Waals surface area contributed by atoms with Crippen LogP contribution in [0.25, 0.3) is 0 Å². The second-order valence-corrected chi connectivity index (χ2v) is 3.06. The van der Waals surface area contributed by atoms with Crippen molar-refractivity contribution in [2.24, 2.45) is 0 Å². The number of carbonyl (C=O) groups excluding carboxylic acids is 1. The van der Waals surface area contributed by atoms with Crippen LogP contribution >= 0.6 is 0 Å². The maximum Gasteiger partial charge on any atom is 0.312 e. The van der Waals surface area contributed by atoms with Gasteiger partial charge in [0, 0.05) is 13.0 Å². The van der Waals surface area contributed by atoms with Crippen LogP contribution in [-0.4, -0.2) is 29.0 Å². The molecule has 0 spiro atoms. The van der Waals surface area contributed by atoms with Crippen molar-refractivity contribution in [3.05, 3.63) is 17.3 Å². The summed E-state index contributed by atoms with van der Waals surface area (Å²) in [6.07, 6.45) is -0.354. The molecule has 1 amide bonds. The quantitative estimate of drug-likeness (QED) is 0.714. The molecule has 0 saturated heterocycles. The average Bonchev–Trinajstić information content (AvgIpc) is 2.17. The molecule has 0 unspecified atom stereocenters. The topological polar surface area (TPSA) is 64.1 Å². The summed E-state index contributed by atoms with van der Waals surface area (Å²) >= 11 is 0. The maximum atomic E-state index is 13.0. The lowest BCUT2D eigenvalue weighted by Gasteiger charge is -2.17. The Morgan fingerprint density at radius 1 is 1.53 bits per heavy atom. The molecule has 1 aliphatic rings. The van der Waals surface area contributed by atoms with E-state index >= 15 is 0 Å². The molecule has 2 rings (SSSR count). The zero-order chi connectivity index (χ0) is 10.8. The Morgan fingerprint density at radius 3 is 3.07 bits per heavy atom. The predicted molar refractivity (Wildman–Crippen MR) is 49.2 cm³/mol. The lowest BCUT2D eigenvalue weighted by molar-refractivity contribution is 0.0939. The number of nitrogens with zero attached hydrogens (tertiary/aromatic N) is 2. The van der Waals surface area contributed by atoms with Gasteiger partial charge in [-0.3, -0.25) is 4.79 Å². The molecular formula is C9H10FN3O2. The van der Waals surface area contributed by atoms with Crippen molar-refractivity contribution in [1.29, 1.82) is 0 Å². The standard InChI is InChI=1S/C9H10FN3O2/c1-2-15-8-6-5(12-9(10)13-8)3-4-11-7(6)14/h2-4H2,1H3,(H,11,14). The van der Waals surface area contributed by atoms with Gasteiger partial charge >= 0.3 is 6.08 Å². The SMILES string of the molecule is CCOc1nc(F)nc2c1C(=O)NCC2. The first-order valence-corrected chi connectivity index (χ1v) is 4.69. The molecule has 6 heteroatoms. The molecular weight excluding hydrogens is 201 g/mol. The van der Waals surface area contributed by atoms with Gasteiger partial charge in [0.15, 0.2) is 0 Å². The van der Waals surface area contributed by atoms with Gasteiger partial charge in [0.25, 0.3) is 5.91 Å². The van der Waals surface area contributed by atoms with Crippen molar-refractivity contribution in [2.75, 3.05) is 13.2 Å². The molecule has 80 valence electrons. The lowest BCUT2D eigenvalue weighted by atomic mass is 10.1. The monoisotopic (exact) mass is 211 g/mol. The highest BCUT2D eigenvalue weighted by molar-refractivity contribution is 5.98. The Balaban J connectivity index is 2.53. The van der Waals surface area contributed by atoms with Gasteiger partial charge in [-0.2, -0.15) is 9.37 Å². The fourth-order valence-electron chi connectivity index (χ4n) is 1.49. The second kappa shape index (κ2) is 3.80. The van der Waals surface area contributed by atoms with E-state index in [0.717, 1.165) is 0 Å². The molecule has 1 aromatic heterocycles. The van der Waals surface area contributed by atoms with Gasteiger partial charge in [0.2, 0.25) is 5.88 Å². The number of halogens is 1. The van der Waals surface area contributed by atoms with Gasteiger partial charge in [-0.05, 0) is 6.92 Å². The Hall–Kier alpha value is -1.72. The van der Waals surface area contributed by atoms with Gasteiger partial charge < -0.3 is 10.1 Å². The number of hydrogen-bond donors (Lipinski definition) is 1. The van der Waals surface area contributed by atoms with E-state index in [0.29, 0.717) is 25.3 Å². The van der Waals surface area contributed by atoms with E-state index < -0.39 is 6.08 Å². The van der Waals surface area contributed by atoms with Gasteiger partial charge in [0.1, 0.15) is 5.56 Å². The first kappa shape index (κ1) is 9.82. The molecule has 15 heavy (non-hydrogen) atoms. The smallest absolute Gasteiger partial charge is 0.312 e. The Bertz CT molecular complexity index is 409. The highest BCUT2D eigenvalue weighted by atomic mass is 19.1. The van der Waals surface area contributed by atoms with Gasteiger partial charge in [-0.25, -0.2) is 4.98 Å². The van der Waals surface area contributed by atoms with Crippen LogP contribution < -0.4 is 10.1 Å². The van der Waals surface area contributed by atoms with E-state index in [-0.39, 0.29) is 17.4 Å². The fraction of sp³-hybridized carbons (Fsp3) is 0.444. The number of hydrogen-bond acceptors (Lipinski definition) is 4. The van der Waals surface area contributed by atoms with E-state index in [4.69, 9.17) is 4.74 Å². The van der Waals surface area contributed by atoms with E-state index in [1.54, 1.807) is 6.92 Å². The summed E-state index contributed by atoms with van der Waals surface area (Å²) in [5.41, 5.74) is 0.666. The van der Waals surface area contributed by atoms with Gasteiger partial charge in [0.05, 0.1) is 12.3 Å². The van der Waals surface area contributed by atoms with Crippen molar-refractivity contribution in [3.8, 4) is 5.88 Å². The van der Waals surface area contributed by atoms with Crippen LogP contribution in [0.2, 0.25) is 0 Å². The van der Waals surface area contributed by atoms with Crippen molar-refractivity contribution in [1.82, 2.24) is 15.3 Å². The molecule has 2 heterocycles. The molecule has 0 fully saturated rings. The van der Waals surface area contributed by atoms with Gasteiger partial charge in [-0.1, -0.05) is 0 Å².